The number of carbonyl (C=O) groups excluding carboxylic acids is 1. The van der Waals surface area contributed by atoms with Gasteiger partial charge in [-0.25, -0.2) is 0 Å². The number of nitro benzene ring substituents is 1. The number of piperazine rings is 1. The molecule has 1 saturated heterocycles. The zero-order valence-corrected chi connectivity index (χ0v) is 16.7. The summed E-state index contributed by atoms with van der Waals surface area (Å²) < 4.78 is 0. The largest absolute Gasteiger partial charge is 0.363 e. The minimum Gasteiger partial charge on any atom is -0.363 e. The van der Waals surface area contributed by atoms with Gasteiger partial charge in [0.05, 0.1) is 22.2 Å². The molecule has 0 unspecified atom stereocenters. The topological polar surface area (TPSA) is 78.7 Å². The third-order valence-electron chi connectivity index (χ3n) is 4.85. The van der Waals surface area contributed by atoms with Gasteiger partial charge in [-0.1, -0.05) is 29.8 Å². The summed E-state index contributed by atoms with van der Waals surface area (Å²) in [5.74, 6) is -0.118. The van der Waals surface area contributed by atoms with Crippen LogP contribution >= 0.6 is 11.6 Å². The number of rotatable bonds is 5. The molecule has 1 amide bonds. The van der Waals surface area contributed by atoms with Crippen LogP contribution in [0.4, 0.5) is 17.1 Å². The van der Waals surface area contributed by atoms with Crippen LogP contribution in [0, 0.1) is 24.0 Å². The lowest BCUT2D eigenvalue weighted by atomic mass is 10.1. The maximum Gasteiger partial charge on any atom is 0.292 e. The summed E-state index contributed by atoms with van der Waals surface area (Å²) in [7, 11) is 0. The molecule has 148 valence electrons. The lowest BCUT2D eigenvalue weighted by molar-refractivity contribution is -0.384. The van der Waals surface area contributed by atoms with Gasteiger partial charge >= 0.3 is 0 Å². The fourth-order valence-electron chi connectivity index (χ4n) is 3.49. The van der Waals surface area contributed by atoms with Crippen molar-refractivity contribution in [2.24, 2.45) is 0 Å². The summed E-state index contributed by atoms with van der Waals surface area (Å²) in [5.41, 5.74) is 3.36. The van der Waals surface area contributed by atoms with Crippen molar-refractivity contribution in [1.29, 1.82) is 0 Å². The summed E-state index contributed by atoms with van der Waals surface area (Å²) in [6, 6.07) is 10.6. The van der Waals surface area contributed by atoms with Gasteiger partial charge in [-0.15, -0.1) is 0 Å². The van der Waals surface area contributed by atoms with E-state index in [0.717, 1.165) is 11.1 Å². The van der Waals surface area contributed by atoms with Crippen LogP contribution in [0.5, 0.6) is 0 Å². The van der Waals surface area contributed by atoms with Crippen molar-refractivity contribution in [3.05, 3.63) is 62.7 Å². The molecule has 1 fully saturated rings. The van der Waals surface area contributed by atoms with Gasteiger partial charge in [-0.2, -0.15) is 0 Å². The molecule has 0 aromatic heterocycles. The molecule has 8 heteroatoms. The van der Waals surface area contributed by atoms with Gasteiger partial charge < -0.3 is 10.2 Å². The molecular weight excluding hydrogens is 380 g/mol. The van der Waals surface area contributed by atoms with Gasteiger partial charge in [-0.05, 0) is 37.1 Å². The second-order valence-electron chi connectivity index (χ2n) is 7.00. The average molecular weight is 403 g/mol. The van der Waals surface area contributed by atoms with Gasteiger partial charge in [0.25, 0.3) is 5.69 Å². The molecule has 0 atom stereocenters. The molecule has 1 aliphatic rings. The SMILES string of the molecule is Cc1cc(C)c(NC(=O)CN2CCN(c3ccccc3[N+](=O)[O-])CC2)c(Cl)c1. The van der Waals surface area contributed by atoms with Crippen molar-refractivity contribution in [3.63, 3.8) is 0 Å². The Kier molecular flexibility index (Phi) is 6.16. The number of benzene rings is 2. The normalized spacial score (nSPS) is 14.8. The van der Waals surface area contributed by atoms with E-state index < -0.39 is 0 Å². The summed E-state index contributed by atoms with van der Waals surface area (Å²) in [6.07, 6.45) is 0. The summed E-state index contributed by atoms with van der Waals surface area (Å²) in [6.45, 7) is 6.69. The summed E-state index contributed by atoms with van der Waals surface area (Å²) in [4.78, 5) is 27.4. The number of hydrogen-bond donors (Lipinski definition) is 1. The maximum atomic E-state index is 12.5. The quantitative estimate of drug-likeness (QED) is 0.610. The van der Waals surface area contributed by atoms with Crippen LogP contribution in [-0.4, -0.2) is 48.5 Å². The smallest absolute Gasteiger partial charge is 0.292 e. The van der Waals surface area contributed by atoms with Crippen LogP contribution in [0.3, 0.4) is 0 Å². The number of amides is 1. The van der Waals surface area contributed by atoms with Crippen LogP contribution < -0.4 is 10.2 Å². The molecular formula is C20H23ClN4O3. The maximum absolute atomic E-state index is 12.5. The Balaban J connectivity index is 1.58. The van der Waals surface area contributed by atoms with Crippen LogP contribution in [-0.2, 0) is 4.79 Å². The Morgan fingerprint density at radius 3 is 2.50 bits per heavy atom. The number of nitrogens with one attached hydrogen (secondary N) is 1. The molecule has 3 rings (SSSR count). The Labute approximate surface area is 169 Å². The third kappa shape index (κ3) is 4.61. The number of hydrogen-bond acceptors (Lipinski definition) is 5. The molecule has 2 aromatic carbocycles. The molecule has 0 radical (unpaired) electrons. The van der Waals surface area contributed by atoms with E-state index in [1.807, 2.05) is 35.8 Å². The van der Waals surface area contributed by atoms with E-state index in [9.17, 15) is 14.9 Å². The Morgan fingerprint density at radius 2 is 1.86 bits per heavy atom. The highest BCUT2D eigenvalue weighted by Gasteiger charge is 2.24. The van der Waals surface area contributed by atoms with E-state index in [0.29, 0.717) is 42.6 Å². The number of halogens is 1. The monoisotopic (exact) mass is 402 g/mol. The highest BCUT2D eigenvalue weighted by Crippen LogP contribution is 2.29. The van der Waals surface area contributed by atoms with Crippen molar-refractivity contribution in [3.8, 4) is 0 Å². The van der Waals surface area contributed by atoms with E-state index in [4.69, 9.17) is 11.6 Å². The van der Waals surface area contributed by atoms with Gasteiger partial charge in [0.1, 0.15) is 5.69 Å². The molecule has 1 N–H and O–H groups in total. The number of carbonyl (C=O) groups is 1. The first kappa shape index (κ1) is 20.1. The number of anilines is 2. The first-order valence-electron chi connectivity index (χ1n) is 9.12. The van der Waals surface area contributed by atoms with Crippen molar-refractivity contribution in [2.75, 3.05) is 42.9 Å². The van der Waals surface area contributed by atoms with Crippen LogP contribution in [0.1, 0.15) is 11.1 Å². The first-order valence-corrected chi connectivity index (χ1v) is 9.50. The van der Waals surface area contributed by atoms with Crippen molar-refractivity contribution < 1.29 is 9.72 Å². The molecule has 7 nitrogen and oxygen atoms in total. The average Bonchev–Trinajstić information content (AvgIpc) is 2.65. The minimum absolute atomic E-state index is 0.109. The van der Waals surface area contributed by atoms with Crippen molar-refractivity contribution >= 4 is 34.6 Å². The molecule has 2 aromatic rings. The fraction of sp³-hybridized carbons (Fsp3) is 0.350. The number of aryl methyl sites for hydroxylation is 2. The number of nitro groups is 1. The second kappa shape index (κ2) is 8.58. The van der Waals surface area contributed by atoms with E-state index in [2.05, 4.69) is 5.32 Å². The van der Waals surface area contributed by atoms with Gasteiger partial charge in [0.15, 0.2) is 0 Å². The fourth-order valence-corrected chi connectivity index (χ4v) is 3.86. The van der Waals surface area contributed by atoms with Gasteiger partial charge in [-0.3, -0.25) is 19.8 Å². The van der Waals surface area contributed by atoms with Gasteiger partial charge in [0.2, 0.25) is 5.91 Å². The number of para-hydroxylation sites is 2. The van der Waals surface area contributed by atoms with Crippen LogP contribution in [0.25, 0.3) is 0 Å². The molecule has 0 saturated carbocycles. The standard InChI is InChI=1S/C20H23ClN4O3/c1-14-11-15(2)20(16(21)12-14)22-19(26)13-23-7-9-24(10-8-23)17-5-3-4-6-18(17)25(27)28/h3-6,11-12H,7-10,13H2,1-2H3,(H,22,26). The van der Waals surface area contributed by atoms with Crippen LogP contribution in [0.15, 0.2) is 36.4 Å². The summed E-state index contributed by atoms with van der Waals surface area (Å²) in [5, 5.41) is 14.7. The molecule has 0 aliphatic carbocycles. The highest BCUT2D eigenvalue weighted by atomic mass is 35.5. The van der Waals surface area contributed by atoms with E-state index in [1.165, 1.54) is 6.07 Å². The second-order valence-corrected chi connectivity index (χ2v) is 7.40. The lowest BCUT2D eigenvalue weighted by Crippen LogP contribution is -2.48. The van der Waals surface area contributed by atoms with Crippen molar-refractivity contribution in [1.82, 2.24) is 4.90 Å². The Morgan fingerprint density at radius 1 is 1.18 bits per heavy atom. The van der Waals surface area contributed by atoms with Gasteiger partial charge in [0, 0.05) is 32.2 Å². The zero-order chi connectivity index (χ0) is 20.3. The Hall–Kier alpha value is -2.64. The predicted molar refractivity (Wildman–Crippen MR) is 111 cm³/mol. The highest BCUT2D eigenvalue weighted by molar-refractivity contribution is 6.34. The van der Waals surface area contributed by atoms with E-state index in [-0.39, 0.29) is 23.1 Å². The minimum atomic E-state index is -0.358. The molecule has 28 heavy (non-hydrogen) atoms. The van der Waals surface area contributed by atoms with Crippen LogP contribution in [0.2, 0.25) is 5.02 Å². The van der Waals surface area contributed by atoms with Crippen molar-refractivity contribution in [2.45, 2.75) is 13.8 Å². The lowest BCUT2D eigenvalue weighted by Gasteiger charge is -2.35. The number of nitrogens with zero attached hydrogens (tertiary/aromatic N) is 3. The molecule has 1 heterocycles. The predicted octanol–water partition coefficient (Wildman–Crippen LogP) is 3.63. The third-order valence-corrected chi connectivity index (χ3v) is 5.15. The zero-order valence-electron chi connectivity index (χ0n) is 15.9. The summed E-state index contributed by atoms with van der Waals surface area (Å²) >= 11 is 6.26. The Bertz CT molecular complexity index is 872. The van der Waals surface area contributed by atoms with E-state index in [1.54, 1.807) is 18.2 Å². The first-order chi connectivity index (χ1) is 13.3. The molecule has 0 bridgehead atoms. The van der Waals surface area contributed by atoms with E-state index >= 15 is 0 Å². The molecule has 1 aliphatic heterocycles. The molecule has 0 spiro atoms.